The van der Waals surface area contributed by atoms with Crippen LogP contribution in [0.15, 0.2) is 88.8 Å². The fourth-order valence-corrected chi connectivity index (χ4v) is 4.34. The van der Waals surface area contributed by atoms with Gasteiger partial charge >= 0.3 is 0 Å². The van der Waals surface area contributed by atoms with Gasteiger partial charge in [-0.3, -0.25) is 13.8 Å². The van der Waals surface area contributed by atoms with Crippen LogP contribution in [0.2, 0.25) is 0 Å². The highest BCUT2D eigenvalue weighted by molar-refractivity contribution is 7.99. The van der Waals surface area contributed by atoms with E-state index in [0.717, 1.165) is 11.1 Å². The van der Waals surface area contributed by atoms with E-state index in [1.807, 2.05) is 59.0 Å². The van der Waals surface area contributed by atoms with E-state index in [-0.39, 0.29) is 17.1 Å². The number of hydrogen-bond donors (Lipinski definition) is 0. The van der Waals surface area contributed by atoms with E-state index in [4.69, 9.17) is 4.74 Å². The summed E-state index contributed by atoms with van der Waals surface area (Å²) >= 11 is 1.44. The minimum Gasteiger partial charge on any atom is -0.490 e. The van der Waals surface area contributed by atoms with Crippen LogP contribution in [0.25, 0.3) is 16.7 Å². The summed E-state index contributed by atoms with van der Waals surface area (Å²) in [6, 6.07) is 23.5. The third-order valence-electron chi connectivity index (χ3n) is 5.07. The van der Waals surface area contributed by atoms with Crippen LogP contribution in [0.5, 0.6) is 5.75 Å². The zero-order valence-corrected chi connectivity index (χ0v) is 17.8. The maximum atomic E-state index is 13.7. The van der Waals surface area contributed by atoms with Gasteiger partial charge in [-0.05, 0) is 29.8 Å². The summed E-state index contributed by atoms with van der Waals surface area (Å²) in [4.78, 5) is 13.2. The van der Waals surface area contributed by atoms with E-state index in [9.17, 15) is 9.18 Å². The first-order chi connectivity index (χ1) is 15.7. The maximum Gasteiger partial charge on any atom is 0.263 e. The van der Waals surface area contributed by atoms with Gasteiger partial charge in [0.05, 0.1) is 24.1 Å². The normalized spacial score (nSPS) is 11.3. The Morgan fingerprint density at radius 2 is 1.66 bits per heavy atom. The van der Waals surface area contributed by atoms with Crippen LogP contribution < -0.4 is 10.3 Å². The third kappa shape index (κ3) is 3.85. The van der Waals surface area contributed by atoms with Crippen molar-refractivity contribution in [2.75, 3.05) is 12.4 Å². The van der Waals surface area contributed by atoms with Gasteiger partial charge in [-0.2, -0.15) is 0 Å². The second-order valence-corrected chi connectivity index (χ2v) is 8.20. The van der Waals surface area contributed by atoms with Crippen molar-refractivity contribution < 1.29 is 9.13 Å². The fraction of sp³-hybridized carbons (Fsp3) is 0.125. The van der Waals surface area contributed by atoms with Crippen LogP contribution in [-0.2, 0) is 6.54 Å². The Morgan fingerprint density at radius 3 is 2.50 bits per heavy atom. The third-order valence-corrected chi connectivity index (χ3v) is 5.96. The molecule has 0 aliphatic heterocycles. The van der Waals surface area contributed by atoms with E-state index < -0.39 is 0 Å². The van der Waals surface area contributed by atoms with Crippen LogP contribution in [0.4, 0.5) is 4.39 Å². The molecule has 2 heterocycles. The van der Waals surface area contributed by atoms with Gasteiger partial charge in [-0.25, -0.2) is 4.39 Å². The number of para-hydroxylation sites is 2. The van der Waals surface area contributed by atoms with Crippen LogP contribution in [0, 0.1) is 5.82 Å². The molecule has 6 nitrogen and oxygen atoms in total. The van der Waals surface area contributed by atoms with Gasteiger partial charge in [0.15, 0.2) is 16.7 Å². The van der Waals surface area contributed by atoms with Gasteiger partial charge < -0.3 is 4.74 Å². The second-order valence-electron chi connectivity index (χ2n) is 7.14. The molecule has 5 aromatic rings. The van der Waals surface area contributed by atoms with E-state index in [2.05, 4.69) is 10.2 Å². The Labute approximate surface area is 187 Å². The summed E-state index contributed by atoms with van der Waals surface area (Å²) in [6.07, 6.45) is 0. The molecule has 2 aromatic heterocycles. The lowest BCUT2D eigenvalue weighted by molar-refractivity contribution is 0.325. The van der Waals surface area contributed by atoms with Crippen molar-refractivity contribution in [3.05, 3.63) is 101 Å². The first kappa shape index (κ1) is 20.3. The van der Waals surface area contributed by atoms with Crippen molar-refractivity contribution in [1.29, 1.82) is 0 Å². The van der Waals surface area contributed by atoms with Crippen molar-refractivity contribution in [1.82, 2.24) is 19.2 Å². The average Bonchev–Trinajstić information content (AvgIpc) is 3.25. The molecule has 0 spiro atoms. The number of hydrogen-bond acceptors (Lipinski definition) is 5. The Hall–Kier alpha value is -3.65. The Balaban J connectivity index is 1.48. The number of thioether (sulfide) groups is 1. The van der Waals surface area contributed by atoms with Crippen LogP contribution in [0.3, 0.4) is 0 Å². The van der Waals surface area contributed by atoms with Crippen molar-refractivity contribution in [2.45, 2.75) is 11.7 Å². The van der Waals surface area contributed by atoms with Crippen LogP contribution in [-0.4, -0.2) is 31.5 Å². The molecule has 0 aliphatic carbocycles. The first-order valence-corrected chi connectivity index (χ1v) is 11.1. The highest BCUT2D eigenvalue weighted by atomic mass is 32.2. The summed E-state index contributed by atoms with van der Waals surface area (Å²) in [5.74, 6) is 0.860. The van der Waals surface area contributed by atoms with Gasteiger partial charge in [0.1, 0.15) is 0 Å². The molecular formula is C24H19FN4O2S. The van der Waals surface area contributed by atoms with E-state index >= 15 is 0 Å². The van der Waals surface area contributed by atoms with E-state index in [1.165, 1.54) is 17.8 Å². The number of nitrogens with zero attached hydrogens (tertiary/aromatic N) is 4. The molecule has 0 bridgehead atoms. The predicted molar refractivity (Wildman–Crippen MR) is 123 cm³/mol. The molecule has 0 saturated heterocycles. The number of aromatic nitrogens is 4. The largest absolute Gasteiger partial charge is 0.490 e. The maximum absolute atomic E-state index is 13.7. The van der Waals surface area contributed by atoms with Gasteiger partial charge in [0.25, 0.3) is 5.56 Å². The van der Waals surface area contributed by atoms with Crippen molar-refractivity contribution >= 4 is 28.4 Å². The van der Waals surface area contributed by atoms with Crippen molar-refractivity contribution in [3.63, 3.8) is 0 Å². The molecule has 5 rings (SSSR count). The highest BCUT2D eigenvalue weighted by Gasteiger charge is 2.17. The lowest BCUT2D eigenvalue weighted by atomic mass is 10.2. The molecular weight excluding hydrogens is 427 g/mol. The zero-order valence-electron chi connectivity index (χ0n) is 17.0. The molecule has 0 fully saturated rings. The van der Waals surface area contributed by atoms with Crippen molar-refractivity contribution in [3.8, 4) is 5.75 Å². The number of rotatable bonds is 7. The van der Waals surface area contributed by atoms with E-state index in [1.54, 1.807) is 22.8 Å². The van der Waals surface area contributed by atoms with Gasteiger partial charge in [0.2, 0.25) is 5.78 Å². The summed E-state index contributed by atoms with van der Waals surface area (Å²) in [6.45, 7) is 0.704. The number of halogens is 1. The smallest absolute Gasteiger partial charge is 0.263 e. The summed E-state index contributed by atoms with van der Waals surface area (Å²) in [7, 11) is 0. The molecule has 3 aromatic carbocycles. The molecule has 0 atom stereocenters. The first-order valence-electron chi connectivity index (χ1n) is 10.1. The topological polar surface area (TPSA) is 61.4 Å². The second kappa shape index (κ2) is 8.84. The molecule has 8 heteroatoms. The average molecular weight is 447 g/mol. The molecule has 0 N–H and O–H groups in total. The molecule has 0 saturated carbocycles. The Bertz CT molecular complexity index is 1450. The predicted octanol–water partition coefficient (Wildman–Crippen LogP) is 4.40. The number of ether oxygens (including phenoxy) is 1. The summed E-state index contributed by atoms with van der Waals surface area (Å²) in [5.41, 5.74) is 1.64. The lowest BCUT2D eigenvalue weighted by Gasteiger charge is -2.11. The Morgan fingerprint density at radius 1 is 0.906 bits per heavy atom. The van der Waals surface area contributed by atoms with Crippen LogP contribution in [0.1, 0.15) is 5.56 Å². The number of fused-ring (bicyclic) bond motifs is 3. The number of benzene rings is 3. The molecule has 160 valence electrons. The molecule has 0 unspecified atom stereocenters. The molecule has 0 aliphatic rings. The standard InChI is InChI=1S/C24H19FN4O2S/c25-19-11-5-7-13-21(19)31-14-15-32-24-27-26-23-28(16-17-8-2-1-3-9-17)22(30)18-10-4-6-12-20(18)29(23)24/h1-13H,14-16H2. The van der Waals surface area contributed by atoms with Crippen molar-refractivity contribution in [2.24, 2.45) is 0 Å². The quantitative estimate of drug-likeness (QED) is 0.274. The SMILES string of the molecule is O=c1c2ccccc2n2c(SCCOc3ccccc3F)nnc2n1Cc1ccccc1. The molecule has 32 heavy (non-hydrogen) atoms. The minimum atomic E-state index is -0.388. The van der Waals surface area contributed by atoms with Gasteiger partial charge in [-0.15, -0.1) is 10.2 Å². The monoisotopic (exact) mass is 446 g/mol. The Kier molecular flexibility index (Phi) is 5.60. The van der Waals surface area contributed by atoms with E-state index in [0.29, 0.717) is 35.2 Å². The highest BCUT2D eigenvalue weighted by Crippen LogP contribution is 2.23. The molecule has 0 amide bonds. The molecule has 0 radical (unpaired) electrons. The van der Waals surface area contributed by atoms with Crippen LogP contribution >= 0.6 is 11.8 Å². The minimum absolute atomic E-state index is 0.108. The van der Waals surface area contributed by atoms with Gasteiger partial charge in [0, 0.05) is 5.75 Å². The summed E-state index contributed by atoms with van der Waals surface area (Å²) in [5, 5.41) is 9.91. The lowest BCUT2D eigenvalue weighted by Crippen LogP contribution is -2.24. The summed E-state index contributed by atoms with van der Waals surface area (Å²) < 4.78 is 22.8. The fourth-order valence-electron chi connectivity index (χ4n) is 3.58. The van der Waals surface area contributed by atoms with Gasteiger partial charge in [-0.1, -0.05) is 66.4 Å². The zero-order chi connectivity index (χ0) is 21.9.